The largest absolute Gasteiger partial charge is 0.466 e. The number of thiophene rings is 1. The molecule has 1 unspecified atom stereocenters. The van der Waals surface area contributed by atoms with Gasteiger partial charge in [0.15, 0.2) is 5.60 Å². The number of nitrogens with zero attached hydrogens (tertiary/aromatic N) is 1. The molecule has 0 radical (unpaired) electrons. The van der Waals surface area contributed by atoms with Gasteiger partial charge in [0, 0.05) is 5.56 Å². The molecule has 0 fully saturated rings. The first-order valence-corrected chi connectivity index (χ1v) is 7.97. The quantitative estimate of drug-likeness (QED) is 0.750. The summed E-state index contributed by atoms with van der Waals surface area (Å²) in [6.07, 6.45) is 1.49. The van der Waals surface area contributed by atoms with Gasteiger partial charge in [-0.05, 0) is 42.8 Å². The van der Waals surface area contributed by atoms with Gasteiger partial charge in [-0.25, -0.2) is 0 Å². The molecular formula is C16H16N2O4S. The molecule has 0 aromatic carbocycles. The van der Waals surface area contributed by atoms with Crippen molar-refractivity contribution in [2.45, 2.75) is 19.4 Å². The van der Waals surface area contributed by atoms with Crippen molar-refractivity contribution >= 4 is 17.2 Å². The predicted molar refractivity (Wildman–Crippen MR) is 84.3 cm³/mol. The van der Waals surface area contributed by atoms with Crippen molar-refractivity contribution in [1.82, 2.24) is 10.5 Å². The van der Waals surface area contributed by atoms with Crippen molar-refractivity contribution in [2.24, 2.45) is 0 Å². The number of carbonyl (C=O) groups is 1. The lowest BCUT2D eigenvalue weighted by atomic mass is 9.93. The van der Waals surface area contributed by atoms with Crippen LogP contribution in [-0.2, 0) is 5.60 Å². The highest BCUT2D eigenvalue weighted by molar-refractivity contribution is 7.08. The second-order valence-electron chi connectivity index (χ2n) is 5.23. The van der Waals surface area contributed by atoms with Crippen LogP contribution in [0.1, 0.15) is 33.1 Å². The van der Waals surface area contributed by atoms with Gasteiger partial charge in [-0.2, -0.15) is 11.3 Å². The van der Waals surface area contributed by atoms with Crippen molar-refractivity contribution in [1.29, 1.82) is 0 Å². The summed E-state index contributed by atoms with van der Waals surface area (Å²) < 4.78 is 10.4. The van der Waals surface area contributed by atoms with E-state index in [0.29, 0.717) is 28.3 Å². The van der Waals surface area contributed by atoms with Crippen molar-refractivity contribution < 1.29 is 18.8 Å². The van der Waals surface area contributed by atoms with E-state index < -0.39 is 5.60 Å². The normalized spacial score (nSPS) is 13.7. The van der Waals surface area contributed by atoms with E-state index in [2.05, 4.69) is 10.5 Å². The number of aromatic nitrogens is 1. The highest BCUT2D eigenvalue weighted by atomic mass is 32.1. The van der Waals surface area contributed by atoms with Crippen LogP contribution in [0, 0.1) is 13.8 Å². The maximum Gasteiger partial charge on any atom is 0.256 e. The van der Waals surface area contributed by atoms with Crippen LogP contribution in [0.5, 0.6) is 0 Å². The molecule has 1 atom stereocenters. The van der Waals surface area contributed by atoms with Crippen LogP contribution in [0.2, 0.25) is 0 Å². The minimum absolute atomic E-state index is 0.0276. The van der Waals surface area contributed by atoms with Crippen LogP contribution in [-0.4, -0.2) is 22.7 Å². The molecule has 3 rings (SSSR count). The van der Waals surface area contributed by atoms with Gasteiger partial charge in [-0.3, -0.25) is 4.79 Å². The summed E-state index contributed by atoms with van der Waals surface area (Å²) in [5.41, 5.74) is 0.128. The van der Waals surface area contributed by atoms with E-state index in [-0.39, 0.29) is 12.5 Å². The Bertz CT molecular complexity index is 737. The van der Waals surface area contributed by atoms with E-state index in [1.165, 1.54) is 17.6 Å². The summed E-state index contributed by atoms with van der Waals surface area (Å²) in [6.45, 7) is 3.34. The van der Waals surface area contributed by atoms with Gasteiger partial charge in [0.1, 0.15) is 17.1 Å². The van der Waals surface area contributed by atoms with Gasteiger partial charge in [0.2, 0.25) is 0 Å². The average Bonchev–Trinajstić information content (AvgIpc) is 3.27. The SMILES string of the molecule is Cc1noc(C)c1C(=O)NCC(O)(c1ccsc1)c1ccco1. The van der Waals surface area contributed by atoms with E-state index >= 15 is 0 Å². The lowest BCUT2D eigenvalue weighted by molar-refractivity contribution is 0.0528. The first-order chi connectivity index (χ1) is 11.0. The zero-order valence-electron chi connectivity index (χ0n) is 12.7. The van der Waals surface area contributed by atoms with Crippen molar-refractivity contribution in [3.63, 3.8) is 0 Å². The minimum Gasteiger partial charge on any atom is -0.466 e. The Morgan fingerprint density at radius 2 is 2.26 bits per heavy atom. The number of rotatable bonds is 5. The third-order valence-corrected chi connectivity index (χ3v) is 4.38. The van der Waals surface area contributed by atoms with Crippen molar-refractivity contribution in [3.05, 3.63) is 63.6 Å². The molecule has 0 aliphatic heterocycles. The van der Waals surface area contributed by atoms with Gasteiger partial charge in [-0.1, -0.05) is 5.16 Å². The van der Waals surface area contributed by atoms with Crippen molar-refractivity contribution in [2.75, 3.05) is 6.54 Å². The molecule has 0 aliphatic carbocycles. The number of furan rings is 1. The molecule has 3 aromatic heterocycles. The van der Waals surface area contributed by atoms with Crippen LogP contribution in [0.25, 0.3) is 0 Å². The van der Waals surface area contributed by atoms with E-state index in [9.17, 15) is 9.90 Å². The molecular weight excluding hydrogens is 316 g/mol. The summed E-state index contributed by atoms with van der Waals surface area (Å²) in [5.74, 6) is 0.466. The van der Waals surface area contributed by atoms with Crippen LogP contribution in [0.4, 0.5) is 0 Å². The Hall–Kier alpha value is -2.38. The third kappa shape index (κ3) is 2.80. The lowest BCUT2D eigenvalue weighted by Gasteiger charge is -2.25. The molecule has 3 aromatic rings. The Kier molecular flexibility index (Phi) is 4.06. The molecule has 0 saturated heterocycles. The zero-order chi connectivity index (χ0) is 16.4. The first-order valence-electron chi connectivity index (χ1n) is 7.02. The van der Waals surface area contributed by atoms with E-state index in [1.54, 1.807) is 32.0 Å². The Morgan fingerprint density at radius 3 is 2.83 bits per heavy atom. The van der Waals surface area contributed by atoms with Crippen LogP contribution >= 0.6 is 11.3 Å². The summed E-state index contributed by atoms with van der Waals surface area (Å²) in [5, 5.41) is 21.3. The van der Waals surface area contributed by atoms with Crippen LogP contribution in [0.3, 0.4) is 0 Å². The lowest BCUT2D eigenvalue weighted by Crippen LogP contribution is -2.41. The second kappa shape index (κ2) is 6.02. The number of amides is 1. The maximum absolute atomic E-state index is 12.4. The van der Waals surface area contributed by atoms with E-state index in [0.717, 1.165) is 0 Å². The zero-order valence-corrected chi connectivity index (χ0v) is 13.5. The highest BCUT2D eigenvalue weighted by Crippen LogP contribution is 2.31. The predicted octanol–water partition coefficient (Wildman–Crippen LogP) is 2.61. The van der Waals surface area contributed by atoms with Gasteiger partial charge >= 0.3 is 0 Å². The Balaban J connectivity index is 1.85. The molecule has 6 nitrogen and oxygen atoms in total. The molecule has 0 aliphatic rings. The van der Waals surface area contributed by atoms with Crippen molar-refractivity contribution in [3.8, 4) is 0 Å². The highest BCUT2D eigenvalue weighted by Gasteiger charge is 2.36. The van der Waals surface area contributed by atoms with Gasteiger partial charge < -0.3 is 19.4 Å². The fourth-order valence-electron chi connectivity index (χ4n) is 2.45. The molecule has 1 amide bonds. The first kappa shape index (κ1) is 15.5. The van der Waals surface area contributed by atoms with Gasteiger partial charge in [0.25, 0.3) is 5.91 Å². The molecule has 0 spiro atoms. The number of hydrogen-bond acceptors (Lipinski definition) is 6. The summed E-state index contributed by atoms with van der Waals surface area (Å²) in [4.78, 5) is 12.4. The third-order valence-electron chi connectivity index (χ3n) is 3.69. The molecule has 0 saturated carbocycles. The summed E-state index contributed by atoms with van der Waals surface area (Å²) in [6, 6.07) is 5.18. The smallest absolute Gasteiger partial charge is 0.256 e. The Labute approximate surface area is 136 Å². The molecule has 0 bridgehead atoms. The molecule has 23 heavy (non-hydrogen) atoms. The fraction of sp³-hybridized carbons (Fsp3) is 0.250. The average molecular weight is 332 g/mol. The monoisotopic (exact) mass is 332 g/mol. The Morgan fingerprint density at radius 1 is 1.43 bits per heavy atom. The van der Waals surface area contributed by atoms with Crippen LogP contribution in [0.15, 0.2) is 44.2 Å². The number of hydrogen-bond donors (Lipinski definition) is 2. The molecule has 7 heteroatoms. The topological polar surface area (TPSA) is 88.5 Å². The number of aryl methyl sites for hydroxylation is 2. The number of aliphatic hydroxyl groups is 1. The number of carbonyl (C=O) groups excluding carboxylic acids is 1. The van der Waals surface area contributed by atoms with E-state index in [1.807, 2.05) is 10.8 Å². The summed E-state index contributed by atoms with van der Waals surface area (Å²) >= 11 is 1.46. The minimum atomic E-state index is -1.43. The van der Waals surface area contributed by atoms with Crippen LogP contribution < -0.4 is 5.32 Å². The maximum atomic E-state index is 12.4. The van der Waals surface area contributed by atoms with E-state index in [4.69, 9.17) is 8.94 Å². The second-order valence-corrected chi connectivity index (χ2v) is 6.01. The standard InChI is InChI=1S/C16H16N2O4S/c1-10-14(11(2)22-18-10)15(19)17-9-16(20,12-5-7-23-8-12)13-4-3-6-21-13/h3-8,20H,9H2,1-2H3,(H,17,19). The van der Waals surface area contributed by atoms with Gasteiger partial charge in [0.05, 0.1) is 18.5 Å². The summed E-state index contributed by atoms with van der Waals surface area (Å²) in [7, 11) is 0. The molecule has 2 N–H and O–H groups in total. The molecule has 120 valence electrons. The fourth-order valence-corrected chi connectivity index (χ4v) is 3.17. The number of nitrogens with one attached hydrogen (secondary N) is 1. The van der Waals surface area contributed by atoms with Gasteiger partial charge in [-0.15, -0.1) is 0 Å². The molecule has 3 heterocycles.